The lowest BCUT2D eigenvalue weighted by Gasteiger charge is -2.42. The Morgan fingerprint density at radius 1 is 1.20 bits per heavy atom. The number of rotatable bonds is 0. The maximum atomic E-state index is 13.5. The van der Waals surface area contributed by atoms with Crippen LogP contribution in [0.3, 0.4) is 0 Å². The van der Waals surface area contributed by atoms with E-state index < -0.39 is 6.10 Å². The van der Waals surface area contributed by atoms with Crippen LogP contribution in [0, 0.1) is 0 Å². The zero-order valence-electron chi connectivity index (χ0n) is 14.2. The molecular formula is C20H22N2O2S. The number of fused-ring (bicyclic) bond motifs is 5. The van der Waals surface area contributed by atoms with Gasteiger partial charge in [0.1, 0.15) is 0 Å². The van der Waals surface area contributed by atoms with Gasteiger partial charge in [0.25, 0.3) is 5.56 Å². The summed E-state index contributed by atoms with van der Waals surface area (Å²) in [6, 6.07) is 8.44. The van der Waals surface area contributed by atoms with Crippen LogP contribution in [-0.2, 0) is 18.4 Å². The van der Waals surface area contributed by atoms with Crippen LogP contribution in [0.15, 0.2) is 34.2 Å². The average Bonchev–Trinajstić information content (AvgIpc) is 2.63. The van der Waals surface area contributed by atoms with E-state index in [-0.39, 0.29) is 11.0 Å². The van der Waals surface area contributed by atoms with Crippen molar-refractivity contribution in [2.24, 2.45) is 0 Å². The molecule has 2 aliphatic carbocycles. The molecule has 5 heteroatoms. The lowest BCUT2D eigenvalue weighted by Crippen LogP contribution is -2.45. The van der Waals surface area contributed by atoms with Gasteiger partial charge in [-0.1, -0.05) is 55.3 Å². The van der Waals surface area contributed by atoms with Crippen molar-refractivity contribution in [1.82, 2.24) is 9.55 Å². The van der Waals surface area contributed by atoms with Crippen molar-refractivity contribution in [2.45, 2.75) is 61.7 Å². The molecule has 130 valence electrons. The van der Waals surface area contributed by atoms with Gasteiger partial charge >= 0.3 is 0 Å². The fraction of sp³-hybridized carbons (Fsp3) is 0.500. The third-order valence-electron chi connectivity index (χ3n) is 6.07. The van der Waals surface area contributed by atoms with Gasteiger partial charge in [-0.3, -0.25) is 9.36 Å². The minimum atomic E-state index is -0.465. The van der Waals surface area contributed by atoms with E-state index in [0.29, 0.717) is 12.3 Å². The summed E-state index contributed by atoms with van der Waals surface area (Å²) in [6.45, 7) is 0.374. The maximum absolute atomic E-state index is 13.5. The SMILES string of the molecule is O=c1c2c(nc3n1C[C@@H](O)CS3)-c1ccccc1CC21CCCCC1. The van der Waals surface area contributed by atoms with Crippen LogP contribution < -0.4 is 5.56 Å². The van der Waals surface area contributed by atoms with E-state index in [1.807, 2.05) is 6.07 Å². The summed E-state index contributed by atoms with van der Waals surface area (Å²) in [5.74, 6) is 0.609. The number of aromatic nitrogens is 2. The molecule has 0 radical (unpaired) electrons. The zero-order valence-corrected chi connectivity index (χ0v) is 15.0. The van der Waals surface area contributed by atoms with Gasteiger partial charge in [0.05, 0.1) is 23.9 Å². The molecule has 2 aromatic rings. The van der Waals surface area contributed by atoms with Crippen LogP contribution >= 0.6 is 11.8 Å². The van der Waals surface area contributed by atoms with Crippen molar-refractivity contribution >= 4 is 11.8 Å². The molecule has 0 saturated heterocycles. The molecule has 1 aromatic heterocycles. The Morgan fingerprint density at radius 2 is 2.00 bits per heavy atom. The van der Waals surface area contributed by atoms with Crippen LogP contribution in [-0.4, -0.2) is 26.5 Å². The van der Waals surface area contributed by atoms with Crippen molar-refractivity contribution in [3.63, 3.8) is 0 Å². The number of aliphatic hydroxyl groups excluding tert-OH is 1. The van der Waals surface area contributed by atoms with E-state index >= 15 is 0 Å². The molecule has 1 atom stereocenters. The molecule has 3 aliphatic rings. The van der Waals surface area contributed by atoms with Crippen LogP contribution in [0.1, 0.15) is 43.2 Å². The van der Waals surface area contributed by atoms with Gasteiger partial charge in [-0.15, -0.1) is 0 Å². The standard InChI is InChI=1S/C20H22N2O2S/c23-14-11-22-18(24)16-17(21-19(22)25-12-14)15-7-3-2-6-13(15)10-20(16)8-4-1-5-9-20/h2-3,6-7,14,23H,1,4-5,8-12H2/t14-/m1/s1. The Labute approximate surface area is 151 Å². The molecule has 1 N–H and O–H groups in total. The second-order valence-electron chi connectivity index (χ2n) is 7.67. The minimum Gasteiger partial charge on any atom is -0.390 e. The largest absolute Gasteiger partial charge is 0.390 e. The fourth-order valence-corrected chi connectivity index (χ4v) is 5.84. The average molecular weight is 354 g/mol. The van der Waals surface area contributed by atoms with Crippen molar-refractivity contribution in [3.8, 4) is 11.3 Å². The Morgan fingerprint density at radius 3 is 2.84 bits per heavy atom. The molecule has 4 nitrogen and oxygen atoms in total. The topological polar surface area (TPSA) is 55.1 Å². The van der Waals surface area contributed by atoms with Crippen LogP contribution in [0.4, 0.5) is 0 Å². The summed E-state index contributed by atoms with van der Waals surface area (Å²) in [6.07, 6.45) is 6.24. The van der Waals surface area contributed by atoms with Crippen molar-refractivity contribution in [2.75, 3.05) is 5.75 Å². The number of hydrogen-bond acceptors (Lipinski definition) is 4. The predicted octanol–water partition coefficient (Wildman–Crippen LogP) is 3.13. The van der Waals surface area contributed by atoms with Crippen LogP contribution in [0.2, 0.25) is 0 Å². The Balaban J connectivity index is 1.81. The van der Waals surface area contributed by atoms with E-state index in [1.54, 1.807) is 4.57 Å². The van der Waals surface area contributed by atoms with E-state index in [4.69, 9.17) is 4.98 Å². The molecular weight excluding hydrogens is 332 g/mol. The van der Waals surface area contributed by atoms with Gasteiger partial charge in [-0.05, 0) is 24.8 Å². The fourth-order valence-electron chi connectivity index (χ4n) is 4.93. The monoisotopic (exact) mass is 354 g/mol. The smallest absolute Gasteiger partial charge is 0.258 e. The molecule has 2 heterocycles. The number of thioether (sulfide) groups is 1. The Hall–Kier alpha value is -1.59. The first-order chi connectivity index (χ1) is 12.2. The molecule has 1 aliphatic heterocycles. The molecule has 1 fully saturated rings. The van der Waals surface area contributed by atoms with Crippen LogP contribution in [0.25, 0.3) is 11.3 Å². The first kappa shape index (κ1) is 15.6. The Kier molecular flexibility index (Phi) is 3.57. The van der Waals surface area contributed by atoms with E-state index in [9.17, 15) is 9.90 Å². The van der Waals surface area contributed by atoms with Crippen molar-refractivity contribution in [1.29, 1.82) is 0 Å². The third kappa shape index (κ3) is 2.32. The molecule has 1 saturated carbocycles. The molecule has 0 bridgehead atoms. The first-order valence-electron chi connectivity index (χ1n) is 9.22. The number of aliphatic hydroxyl groups is 1. The molecule has 0 unspecified atom stereocenters. The summed E-state index contributed by atoms with van der Waals surface area (Å²) >= 11 is 1.50. The molecule has 0 amide bonds. The summed E-state index contributed by atoms with van der Waals surface area (Å²) in [7, 11) is 0. The van der Waals surface area contributed by atoms with Gasteiger partial charge in [-0.2, -0.15) is 0 Å². The second kappa shape index (κ2) is 5.71. The van der Waals surface area contributed by atoms with Crippen molar-refractivity contribution in [3.05, 3.63) is 45.7 Å². The van der Waals surface area contributed by atoms with Gasteiger partial charge in [-0.25, -0.2) is 4.98 Å². The van der Waals surface area contributed by atoms with Gasteiger partial charge < -0.3 is 5.11 Å². The van der Waals surface area contributed by atoms with E-state index in [1.165, 1.54) is 36.6 Å². The summed E-state index contributed by atoms with van der Waals surface area (Å²) in [4.78, 5) is 18.4. The second-order valence-corrected chi connectivity index (χ2v) is 8.66. The first-order valence-corrected chi connectivity index (χ1v) is 10.2. The van der Waals surface area contributed by atoms with E-state index in [0.717, 1.165) is 41.2 Å². The summed E-state index contributed by atoms with van der Waals surface area (Å²) < 4.78 is 1.72. The number of nitrogens with zero attached hydrogens (tertiary/aromatic N) is 2. The highest BCUT2D eigenvalue weighted by Gasteiger charge is 2.43. The van der Waals surface area contributed by atoms with E-state index in [2.05, 4.69) is 18.2 Å². The maximum Gasteiger partial charge on any atom is 0.258 e. The quantitative estimate of drug-likeness (QED) is 0.739. The zero-order chi connectivity index (χ0) is 17.0. The minimum absolute atomic E-state index is 0.0683. The van der Waals surface area contributed by atoms with Crippen LogP contribution in [0.5, 0.6) is 0 Å². The molecule has 1 spiro atoms. The molecule has 1 aromatic carbocycles. The predicted molar refractivity (Wildman–Crippen MR) is 99.1 cm³/mol. The summed E-state index contributed by atoms with van der Waals surface area (Å²) in [5.41, 5.74) is 4.30. The van der Waals surface area contributed by atoms with Crippen molar-refractivity contribution < 1.29 is 5.11 Å². The molecule has 25 heavy (non-hydrogen) atoms. The van der Waals surface area contributed by atoms with Gasteiger partial charge in [0.15, 0.2) is 5.16 Å². The highest BCUT2D eigenvalue weighted by Crippen LogP contribution is 2.48. The Bertz CT molecular complexity index is 899. The molecule has 5 rings (SSSR count). The van der Waals surface area contributed by atoms with Gasteiger partial charge in [0.2, 0.25) is 0 Å². The lowest BCUT2D eigenvalue weighted by molar-refractivity contribution is 0.166. The third-order valence-corrected chi connectivity index (χ3v) is 7.20. The number of benzene rings is 1. The van der Waals surface area contributed by atoms with Gasteiger partial charge in [0, 0.05) is 16.7 Å². The highest BCUT2D eigenvalue weighted by atomic mass is 32.2. The highest BCUT2D eigenvalue weighted by molar-refractivity contribution is 7.99. The number of hydrogen-bond donors (Lipinski definition) is 1. The normalized spacial score (nSPS) is 23.6. The summed E-state index contributed by atoms with van der Waals surface area (Å²) in [5, 5.41) is 10.8. The lowest BCUT2D eigenvalue weighted by atomic mass is 9.62.